The van der Waals surface area contributed by atoms with Crippen LogP contribution in [0, 0.1) is 0 Å². The van der Waals surface area contributed by atoms with Gasteiger partial charge in [0.15, 0.2) is 0 Å². The molecule has 0 saturated carbocycles. The van der Waals surface area contributed by atoms with E-state index in [1.165, 1.54) is 4.90 Å². The predicted molar refractivity (Wildman–Crippen MR) is 109 cm³/mol. The van der Waals surface area contributed by atoms with E-state index >= 15 is 0 Å². The first-order valence-corrected chi connectivity index (χ1v) is 9.19. The molecule has 3 N–H and O–H groups in total. The standard InChI is InChI=1S/C20H18N6O3/c1-25-9-12(10-25)26(20(28)29)19-21-15-7-6-11(8-16(15)22-19)17-13-4-2-3-5-14(13)18(27)24-23-17/h2-8,12H,9-10H2,1H3,(H,21,22)(H,24,27)(H,28,29). The molecule has 1 aliphatic rings. The van der Waals surface area contributed by atoms with Gasteiger partial charge >= 0.3 is 6.09 Å². The Labute approximate surface area is 164 Å². The number of benzene rings is 2. The minimum Gasteiger partial charge on any atom is -0.465 e. The maximum Gasteiger partial charge on any atom is 0.414 e. The lowest BCUT2D eigenvalue weighted by atomic mass is 10.0. The molecule has 0 radical (unpaired) electrons. The summed E-state index contributed by atoms with van der Waals surface area (Å²) in [6.45, 7) is 1.34. The van der Waals surface area contributed by atoms with E-state index in [9.17, 15) is 14.7 Å². The third-order valence-electron chi connectivity index (χ3n) is 5.28. The molecule has 1 fully saturated rings. The van der Waals surface area contributed by atoms with Gasteiger partial charge in [-0.2, -0.15) is 5.10 Å². The van der Waals surface area contributed by atoms with Crippen molar-refractivity contribution in [3.05, 3.63) is 52.8 Å². The van der Waals surface area contributed by atoms with E-state index in [1.54, 1.807) is 6.07 Å². The van der Waals surface area contributed by atoms with Gasteiger partial charge in [0, 0.05) is 24.0 Å². The molecular formula is C20H18N6O3. The van der Waals surface area contributed by atoms with E-state index in [2.05, 4.69) is 20.2 Å². The maximum absolute atomic E-state index is 12.0. The molecule has 0 aliphatic carbocycles. The lowest BCUT2D eigenvalue weighted by Gasteiger charge is -2.40. The number of anilines is 1. The number of H-pyrrole nitrogens is 2. The van der Waals surface area contributed by atoms with Crippen LogP contribution in [0.2, 0.25) is 0 Å². The quantitative estimate of drug-likeness (QED) is 0.494. The zero-order valence-electron chi connectivity index (χ0n) is 15.6. The van der Waals surface area contributed by atoms with E-state index in [4.69, 9.17) is 0 Å². The summed E-state index contributed by atoms with van der Waals surface area (Å²) in [6, 6.07) is 12.7. The van der Waals surface area contributed by atoms with Gasteiger partial charge in [-0.05, 0) is 25.2 Å². The number of hydrogen-bond acceptors (Lipinski definition) is 5. The summed E-state index contributed by atoms with van der Waals surface area (Å²) in [7, 11) is 1.95. The fourth-order valence-electron chi connectivity index (χ4n) is 3.84. The summed E-state index contributed by atoms with van der Waals surface area (Å²) < 4.78 is 0. The Morgan fingerprint density at radius 3 is 2.69 bits per heavy atom. The Hall–Kier alpha value is -3.72. The fraction of sp³-hybridized carbons (Fsp3) is 0.200. The van der Waals surface area contributed by atoms with Crippen molar-refractivity contribution in [1.82, 2.24) is 25.1 Å². The summed E-state index contributed by atoms with van der Waals surface area (Å²) in [4.78, 5) is 34.8. The van der Waals surface area contributed by atoms with Gasteiger partial charge < -0.3 is 15.0 Å². The van der Waals surface area contributed by atoms with Crippen LogP contribution in [-0.2, 0) is 0 Å². The number of aromatic nitrogens is 4. The number of likely N-dealkylation sites (N-methyl/N-ethyl adjacent to an activating group) is 1. The monoisotopic (exact) mass is 390 g/mol. The van der Waals surface area contributed by atoms with Crippen molar-refractivity contribution in [3.63, 3.8) is 0 Å². The zero-order valence-corrected chi connectivity index (χ0v) is 15.6. The third kappa shape index (κ3) is 2.83. The Kier molecular flexibility index (Phi) is 3.85. The molecule has 1 aliphatic heterocycles. The highest BCUT2D eigenvalue weighted by molar-refractivity contribution is 5.96. The second-order valence-corrected chi connectivity index (χ2v) is 7.27. The van der Waals surface area contributed by atoms with Crippen LogP contribution in [-0.4, -0.2) is 62.4 Å². The number of likely N-dealkylation sites (tertiary alicyclic amines) is 1. The Morgan fingerprint density at radius 2 is 1.97 bits per heavy atom. The number of carbonyl (C=O) groups is 1. The van der Waals surface area contributed by atoms with Crippen molar-refractivity contribution in [2.75, 3.05) is 25.0 Å². The van der Waals surface area contributed by atoms with Crippen LogP contribution in [0.25, 0.3) is 33.1 Å². The molecule has 0 bridgehead atoms. The second kappa shape index (κ2) is 6.42. The van der Waals surface area contributed by atoms with Crippen molar-refractivity contribution in [2.24, 2.45) is 0 Å². The molecule has 2 aromatic heterocycles. The van der Waals surface area contributed by atoms with E-state index < -0.39 is 6.09 Å². The SMILES string of the molecule is CN1CC(N(C(=O)O)c2nc3ccc(-c4n[nH]c(=O)c5ccccc45)cc3[nH]2)C1. The number of nitrogens with zero attached hydrogens (tertiary/aromatic N) is 4. The average molecular weight is 390 g/mol. The van der Waals surface area contributed by atoms with Crippen molar-refractivity contribution in [2.45, 2.75) is 6.04 Å². The van der Waals surface area contributed by atoms with Crippen LogP contribution in [0.5, 0.6) is 0 Å². The summed E-state index contributed by atoms with van der Waals surface area (Å²) in [5, 5.41) is 17.7. The normalized spacial score (nSPS) is 14.9. The molecule has 29 heavy (non-hydrogen) atoms. The van der Waals surface area contributed by atoms with Gasteiger partial charge in [0.2, 0.25) is 5.95 Å². The molecule has 3 heterocycles. The van der Waals surface area contributed by atoms with E-state index in [0.29, 0.717) is 41.2 Å². The molecule has 0 spiro atoms. The summed E-state index contributed by atoms with van der Waals surface area (Å²) >= 11 is 0. The molecule has 146 valence electrons. The van der Waals surface area contributed by atoms with Crippen molar-refractivity contribution >= 4 is 33.8 Å². The average Bonchev–Trinajstić information content (AvgIpc) is 3.09. The van der Waals surface area contributed by atoms with Crippen molar-refractivity contribution in [1.29, 1.82) is 0 Å². The second-order valence-electron chi connectivity index (χ2n) is 7.27. The summed E-state index contributed by atoms with van der Waals surface area (Å²) in [5.74, 6) is 0.307. The van der Waals surface area contributed by atoms with Gasteiger partial charge in [0.05, 0.1) is 28.2 Å². The maximum atomic E-state index is 12.0. The molecule has 0 atom stereocenters. The third-order valence-corrected chi connectivity index (χ3v) is 5.28. The minimum atomic E-state index is -1.03. The van der Waals surface area contributed by atoms with Gasteiger partial charge in [-0.3, -0.25) is 4.79 Å². The molecule has 0 unspecified atom stereocenters. The first-order chi connectivity index (χ1) is 14.0. The molecular weight excluding hydrogens is 372 g/mol. The van der Waals surface area contributed by atoms with Crippen LogP contribution in [0.1, 0.15) is 0 Å². The van der Waals surface area contributed by atoms with Crippen molar-refractivity contribution < 1.29 is 9.90 Å². The molecule has 9 nitrogen and oxygen atoms in total. The van der Waals surface area contributed by atoms with E-state index in [0.717, 1.165) is 10.9 Å². The highest BCUT2D eigenvalue weighted by Crippen LogP contribution is 2.29. The van der Waals surface area contributed by atoms with Gasteiger partial charge in [0.1, 0.15) is 0 Å². The van der Waals surface area contributed by atoms with E-state index in [-0.39, 0.29) is 11.6 Å². The van der Waals surface area contributed by atoms with Crippen LogP contribution in [0.15, 0.2) is 47.3 Å². The van der Waals surface area contributed by atoms with Gasteiger partial charge in [-0.1, -0.05) is 24.3 Å². The molecule has 2 aromatic carbocycles. The number of hydrogen-bond donors (Lipinski definition) is 3. The number of nitrogens with one attached hydrogen (secondary N) is 2. The van der Waals surface area contributed by atoms with Crippen LogP contribution < -0.4 is 10.5 Å². The number of fused-ring (bicyclic) bond motifs is 2. The highest BCUT2D eigenvalue weighted by Gasteiger charge is 2.35. The Balaban J connectivity index is 1.59. The lowest BCUT2D eigenvalue weighted by molar-refractivity contribution is 0.160. The van der Waals surface area contributed by atoms with Gasteiger partial charge in [-0.15, -0.1) is 0 Å². The Morgan fingerprint density at radius 1 is 1.21 bits per heavy atom. The molecule has 1 amide bonds. The first-order valence-electron chi connectivity index (χ1n) is 9.19. The zero-order chi connectivity index (χ0) is 20.1. The summed E-state index contributed by atoms with van der Waals surface area (Å²) in [5.41, 5.74) is 2.57. The molecule has 1 saturated heterocycles. The van der Waals surface area contributed by atoms with Crippen molar-refractivity contribution in [3.8, 4) is 11.3 Å². The number of carboxylic acid groups (broad SMARTS) is 1. The fourth-order valence-corrected chi connectivity index (χ4v) is 3.84. The van der Waals surface area contributed by atoms with Crippen LogP contribution >= 0.6 is 0 Å². The first kappa shape index (κ1) is 17.4. The molecule has 5 rings (SSSR count). The topological polar surface area (TPSA) is 118 Å². The number of rotatable bonds is 3. The number of aromatic amines is 2. The molecule has 9 heteroatoms. The van der Waals surface area contributed by atoms with E-state index in [1.807, 2.05) is 48.3 Å². The lowest BCUT2D eigenvalue weighted by Crippen LogP contribution is -2.59. The van der Waals surface area contributed by atoms with Crippen LogP contribution in [0.4, 0.5) is 10.7 Å². The largest absolute Gasteiger partial charge is 0.465 e. The minimum absolute atomic E-state index is 0.123. The predicted octanol–water partition coefficient (Wildman–Crippen LogP) is 2.26. The van der Waals surface area contributed by atoms with Crippen LogP contribution in [0.3, 0.4) is 0 Å². The molecule has 4 aromatic rings. The number of imidazole rings is 1. The van der Waals surface area contributed by atoms with Gasteiger partial charge in [0.25, 0.3) is 5.56 Å². The Bertz CT molecular complexity index is 1300. The van der Waals surface area contributed by atoms with Gasteiger partial charge in [-0.25, -0.2) is 19.8 Å². The smallest absolute Gasteiger partial charge is 0.414 e. The number of amides is 1. The highest BCUT2D eigenvalue weighted by atomic mass is 16.4. The summed E-state index contributed by atoms with van der Waals surface area (Å²) in [6.07, 6.45) is -1.03.